The van der Waals surface area contributed by atoms with Crippen molar-refractivity contribution in [1.82, 2.24) is 5.32 Å². The van der Waals surface area contributed by atoms with Crippen molar-refractivity contribution in [1.29, 1.82) is 0 Å². The molecule has 2 rings (SSSR count). The van der Waals surface area contributed by atoms with Gasteiger partial charge >= 0.3 is 0 Å². The number of hydrogen-bond donors (Lipinski definition) is 1. The first-order chi connectivity index (χ1) is 10.3. The Labute approximate surface area is 133 Å². The summed E-state index contributed by atoms with van der Waals surface area (Å²) in [5.74, 6) is -0.0115. The highest BCUT2D eigenvalue weighted by Crippen LogP contribution is 2.22. The number of hydrogen-bond acceptors (Lipinski definition) is 1. The fourth-order valence-corrected chi connectivity index (χ4v) is 2.87. The molecule has 2 heteroatoms. The zero-order valence-electron chi connectivity index (χ0n) is 14.4. The average molecular weight is 295 g/mol. The molecule has 0 aliphatic heterocycles. The molecule has 0 aromatic heterocycles. The predicted molar refractivity (Wildman–Crippen MR) is 92.5 cm³/mol. The quantitative estimate of drug-likeness (QED) is 0.872. The van der Waals surface area contributed by atoms with Crippen molar-refractivity contribution in [3.05, 3.63) is 69.3 Å². The topological polar surface area (TPSA) is 29.1 Å². The van der Waals surface area contributed by atoms with E-state index >= 15 is 0 Å². The second kappa shape index (κ2) is 6.35. The van der Waals surface area contributed by atoms with Gasteiger partial charge in [-0.1, -0.05) is 29.8 Å². The van der Waals surface area contributed by atoms with Gasteiger partial charge in [0, 0.05) is 5.56 Å². The van der Waals surface area contributed by atoms with Gasteiger partial charge in [-0.05, 0) is 75.4 Å². The number of carbonyl (C=O) groups excluding carboxylic acids is 1. The monoisotopic (exact) mass is 295 g/mol. The molecule has 2 aromatic carbocycles. The summed E-state index contributed by atoms with van der Waals surface area (Å²) in [6, 6.07) is 10.3. The van der Waals surface area contributed by atoms with Crippen LogP contribution < -0.4 is 5.32 Å². The van der Waals surface area contributed by atoms with Crippen molar-refractivity contribution in [2.45, 2.75) is 47.6 Å². The van der Waals surface area contributed by atoms with Crippen LogP contribution >= 0.6 is 0 Å². The Balaban J connectivity index is 2.23. The van der Waals surface area contributed by atoms with E-state index in [1.165, 1.54) is 27.8 Å². The third kappa shape index (κ3) is 3.38. The highest BCUT2D eigenvalue weighted by molar-refractivity contribution is 5.95. The Bertz CT molecular complexity index is 716. The maximum Gasteiger partial charge on any atom is 0.252 e. The molecule has 0 radical (unpaired) electrons. The maximum absolute atomic E-state index is 12.5. The molecule has 1 amide bonds. The summed E-state index contributed by atoms with van der Waals surface area (Å²) in [6.07, 6.45) is 0. The number of amides is 1. The zero-order chi connectivity index (χ0) is 16.4. The third-order valence-electron chi connectivity index (χ3n) is 4.32. The molecule has 0 bridgehead atoms. The number of nitrogens with one attached hydrogen (secondary N) is 1. The minimum absolute atomic E-state index is 0.00694. The first kappa shape index (κ1) is 16.3. The van der Waals surface area contributed by atoms with Gasteiger partial charge < -0.3 is 5.32 Å². The van der Waals surface area contributed by atoms with Gasteiger partial charge in [0.05, 0.1) is 6.04 Å². The Morgan fingerprint density at radius 2 is 1.50 bits per heavy atom. The van der Waals surface area contributed by atoms with E-state index < -0.39 is 0 Å². The van der Waals surface area contributed by atoms with Gasteiger partial charge in [0.2, 0.25) is 0 Å². The largest absolute Gasteiger partial charge is 0.345 e. The molecule has 0 aliphatic carbocycles. The molecule has 116 valence electrons. The first-order valence-electron chi connectivity index (χ1n) is 7.75. The van der Waals surface area contributed by atoms with Crippen LogP contribution in [-0.2, 0) is 0 Å². The molecule has 1 atom stereocenters. The molecule has 0 aliphatic rings. The van der Waals surface area contributed by atoms with E-state index in [0.29, 0.717) is 0 Å². The third-order valence-corrected chi connectivity index (χ3v) is 4.32. The van der Waals surface area contributed by atoms with Crippen molar-refractivity contribution in [2.75, 3.05) is 0 Å². The average Bonchev–Trinajstić information content (AvgIpc) is 2.42. The molecule has 22 heavy (non-hydrogen) atoms. The minimum atomic E-state index is -0.0115. The molecule has 2 nitrogen and oxygen atoms in total. The molecular weight excluding hydrogens is 270 g/mol. The molecular formula is C20H25NO. The van der Waals surface area contributed by atoms with E-state index in [-0.39, 0.29) is 11.9 Å². The summed E-state index contributed by atoms with van der Waals surface area (Å²) in [6.45, 7) is 12.4. The van der Waals surface area contributed by atoms with Crippen LogP contribution in [0.1, 0.15) is 56.7 Å². The number of aryl methyl sites for hydroxylation is 5. The van der Waals surface area contributed by atoms with Gasteiger partial charge in [-0.2, -0.15) is 0 Å². The molecule has 0 heterocycles. The lowest BCUT2D eigenvalue weighted by atomic mass is 9.96. The predicted octanol–water partition coefficient (Wildman–Crippen LogP) is 4.72. The first-order valence-corrected chi connectivity index (χ1v) is 7.75. The maximum atomic E-state index is 12.5. The summed E-state index contributed by atoms with van der Waals surface area (Å²) in [7, 11) is 0. The van der Waals surface area contributed by atoms with E-state index in [9.17, 15) is 4.79 Å². The molecule has 0 spiro atoms. The lowest BCUT2D eigenvalue weighted by Crippen LogP contribution is -2.27. The van der Waals surface area contributed by atoms with Crippen LogP contribution in [0.3, 0.4) is 0 Å². The Hall–Kier alpha value is -2.09. The van der Waals surface area contributed by atoms with Crippen LogP contribution in [0.5, 0.6) is 0 Å². The minimum Gasteiger partial charge on any atom is -0.345 e. The fraction of sp³-hybridized carbons (Fsp3) is 0.350. The van der Waals surface area contributed by atoms with Crippen LogP contribution in [0.2, 0.25) is 0 Å². The van der Waals surface area contributed by atoms with Gasteiger partial charge in [0.1, 0.15) is 0 Å². The smallest absolute Gasteiger partial charge is 0.252 e. The van der Waals surface area contributed by atoms with Crippen LogP contribution in [0.25, 0.3) is 0 Å². The summed E-state index contributed by atoms with van der Waals surface area (Å²) < 4.78 is 0. The normalized spacial score (nSPS) is 12.1. The van der Waals surface area contributed by atoms with Crippen LogP contribution in [0, 0.1) is 34.6 Å². The van der Waals surface area contributed by atoms with Gasteiger partial charge in [0.25, 0.3) is 5.91 Å². The van der Waals surface area contributed by atoms with E-state index in [4.69, 9.17) is 0 Å². The molecule has 2 aromatic rings. The Morgan fingerprint density at radius 3 is 2.14 bits per heavy atom. The molecule has 0 saturated heterocycles. The van der Waals surface area contributed by atoms with Crippen LogP contribution in [0.15, 0.2) is 30.3 Å². The SMILES string of the molecule is Cc1ccc(C(=O)NC(C)c2cc(C)c(C)cc2C)c(C)c1. The lowest BCUT2D eigenvalue weighted by Gasteiger charge is -2.19. The molecule has 1 unspecified atom stereocenters. The molecule has 0 fully saturated rings. The standard InChI is InChI=1S/C20H25NO/c1-12-7-8-18(15(4)9-12)20(22)21-17(6)19-11-14(3)13(2)10-16(19)5/h7-11,17H,1-6H3,(H,21,22). The summed E-state index contributed by atoms with van der Waals surface area (Å²) >= 11 is 0. The van der Waals surface area contributed by atoms with Crippen molar-refractivity contribution in [3.8, 4) is 0 Å². The highest BCUT2D eigenvalue weighted by atomic mass is 16.1. The number of rotatable bonds is 3. The van der Waals surface area contributed by atoms with Crippen LogP contribution in [0.4, 0.5) is 0 Å². The van der Waals surface area contributed by atoms with Crippen molar-refractivity contribution >= 4 is 5.91 Å². The molecule has 1 N–H and O–H groups in total. The van der Waals surface area contributed by atoms with Gasteiger partial charge in [-0.15, -0.1) is 0 Å². The van der Waals surface area contributed by atoms with Crippen molar-refractivity contribution in [3.63, 3.8) is 0 Å². The summed E-state index contributed by atoms with van der Waals surface area (Å²) in [5, 5.41) is 3.12. The van der Waals surface area contributed by atoms with Crippen molar-refractivity contribution < 1.29 is 4.79 Å². The zero-order valence-corrected chi connectivity index (χ0v) is 14.4. The van der Waals surface area contributed by atoms with Crippen molar-refractivity contribution in [2.24, 2.45) is 0 Å². The van der Waals surface area contributed by atoms with E-state index in [1.54, 1.807) is 0 Å². The summed E-state index contributed by atoms with van der Waals surface area (Å²) in [5.41, 5.74) is 7.88. The van der Waals surface area contributed by atoms with E-state index in [2.05, 4.69) is 38.2 Å². The summed E-state index contributed by atoms with van der Waals surface area (Å²) in [4.78, 5) is 12.5. The number of benzene rings is 2. The van der Waals surface area contributed by atoms with Gasteiger partial charge in [-0.3, -0.25) is 4.79 Å². The number of carbonyl (C=O) groups is 1. The Kier molecular flexibility index (Phi) is 4.70. The Morgan fingerprint density at radius 1 is 0.864 bits per heavy atom. The van der Waals surface area contributed by atoms with Crippen LogP contribution in [-0.4, -0.2) is 5.91 Å². The van der Waals surface area contributed by atoms with E-state index in [0.717, 1.165) is 11.1 Å². The lowest BCUT2D eigenvalue weighted by molar-refractivity contribution is 0.0939. The van der Waals surface area contributed by atoms with Gasteiger partial charge in [0.15, 0.2) is 0 Å². The fourth-order valence-electron chi connectivity index (χ4n) is 2.87. The van der Waals surface area contributed by atoms with E-state index in [1.807, 2.05) is 39.0 Å². The second-order valence-corrected chi connectivity index (χ2v) is 6.31. The second-order valence-electron chi connectivity index (χ2n) is 6.31. The van der Waals surface area contributed by atoms with Gasteiger partial charge in [-0.25, -0.2) is 0 Å². The highest BCUT2D eigenvalue weighted by Gasteiger charge is 2.15. The molecule has 0 saturated carbocycles.